The van der Waals surface area contributed by atoms with Gasteiger partial charge in [-0.1, -0.05) is 53.7 Å². The third-order valence-electron chi connectivity index (χ3n) is 5.74. The zero-order valence-electron chi connectivity index (χ0n) is 21.7. The van der Waals surface area contributed by atoms with Crippen LogP contribution in [0.15, 0.2) is 53.7 Å². The van der Waals surface area contributed by atoms with Gasteiger partial charge in [0.1, 0.15) is 22.1 Å². The molecule has 4 aromatic rings. The third-order valence-corrected chi connectivity index (χ3v) is 8.03. The second kappa shape index (κ2) is 12.6. The van der Waals surface area contributed by atoms with Crippen LogP contribution >= 0.6 is 34.7 Å². The maximum absolute atomic E-state index is 13.4. The summed E-state index contributed by atoms with van der Waals surface area (Å²) >= 11 is 8.63. The molecule has 4 rings (SSSR count). The Hall–Kier alpha value is -3.41. The first-order chi connectivity index (χ1) is 18.7. The second-order valence-corrected chi connectivity index (χ2v) is 10.9. The predicted octanol–water partition coefficient (Wildman–Crippen LogP) is 6.78. The molecule has 12 heteroatoms. The van der Waals surface area contributed by atoms with Crippen molar-refractivity contribution in [3.63, 3.8) is 0 Å². The van der Waals surface area contributed by atoms with E-state index < -0.39 is 17.9 Å². The molecule has 1 atom stereocenters. The number of nitrogens with zero attached hydrogens (tertiary/aromatic N) is 3. The van der Waals surface area contributed by atoms with Crippen LogP contribution in [-0.2, 0) is 16.1 Å². The van der Waals surface area contributed by atoms with Crippen LogP contribution in [0.4, 0.5) is 9.39 Å². The second-order valence-electron chi connectivity index (χ2n) is 8.35. The Morgan fingerprint density at radius 3 is 2.62 bits per heavy atom. The number of carbonyl (C=O) groups excluding carboxylic acids is 2. The molecule has 0 aliphatic rings. The number of methoxy groups -OCH3 is 1. The number of carbonyl (C=O) groups is 2. The first-order valence-electron chi connectivity index (χ1n) is 12.0. The largest absolute Gasteiger partial charge is 0.481 e. The van der Waals surface area contributed by atoms with E-state index in [4.69, 9.17) is 21.1 Å². The number of thiophene rings is 1. The standard InChI is InChI=1S/C27H26ClFN4O4S2/c1-5-33-24(15(2)37-20-12-11-18(29)13-19(20)28)31-32-27(33)38-14-21(34)30-25-23(26(35)36-4)22(16(3)39-25)17-9-7-6-8-10-17/h6-13,15H,5,14H2,1-4H3,(H,30,34). The molecule has 0 saturated heterocycles. The number of esters is 1. The van der Waals surface area contributed by atoms with Gasteiger partial charge in [0.2, 0.25) is 5.91 Å². The molecular weight excluding hydrogens is 563 g/mol. The van der Waals surface area contributed by atoms with E-state index in [1.165, 1.54) is 48.4 Å². The fourth-order valence-electron chi connectivity index (χ4n) is 3.99. The molecule has 0 fully saturated rings. The van der Waals surface area contributed by atoms with Gasteiger partial charge in [-0.2, -0.15) is 0 Å². The van der Waals surface area contributed by atoms with Crippen molar-refractivity contribution in [2.75, 3.05) is 18.2 Å². The molecule has 0 aliphatic carbocycles. The molecular formula is C27H26ClFN4O4S2. The highest BCUT2D eigenvalue weighted by molar-refractivity contribution is 7.99. The number of hydrogen-bond acceptors (Lipinski definition) is 8. The highest BCUT2D eigenvalue weighted by Gasteiger charge is 2.26. The van der Waals surface area contributed by atoms with Crippen molar-refractivity contribution in [1.29, 1.82) is 0 Å². The Morgan fingerprint density at radius 1 is 1.21 bits per heavy atom. The van der Waals surface area contributed by atoms with Crippen LogP contribution in [0.5, 0.6) is 5.75 Å². The number of hydrogen-bond donors (Lipinski definition) is 1. The lowest BCUT2D eigenvalue weighted by Crippen LogP contribution is -2.17. The first-order valence-corrected chi connectivity index (χ1v) is 14.2. The minimum Gasteiger partial charge on any atom is -0.481 e. The van der Waals surface area contributed by atoms with E-state index in [0.717, 1.165) is 16.0 Å². The molecule has 2 heterocycles. The number of ether oxygens (including phenoxy) is 2. The van der Waals surface area contributed by atoms with Crippen molar-refractivity contribution in [2.45, 2.75) is 38.6 Å². The molecule has 1 amide bonds. The van der Waals surface area contributed by atoms with Gasteiger partial charge in [0.15, 0.2) is 17.1 Å². The molecule has 2 aromatic carbocycles. The first kappa shape index (κ1) is 28.6. The zero-order valence-corrected chi connectivity index (χ0v) is 24.0. The molecule has 1 N–H and O–H groups in total. The fourth-order valence-corrected chi connectivity index (χ4v) is 6.10. The summed E-state index contributed by atoms with van der Waals surface area (Å²) in [7, 11) is 1.31. The molecule has 2 aromatic heterocycles. The van der Waals surface area contributed by atoms with Crippen molar-refractivity contribution in [3.05, 3.63) is 75.6 Å². The lowest BCUT2D eigenvalue weighted by Gasteiger charge is -2.16. The number of thioether (sulfide) groups is 1. The third kappa shape index (κ3) is 6.43. The Morgan fingerprint density at radius 2 is 1.95 bits per heavy atom. The number of anilines is 1. The maximum atomic E-state index is 13.4. The molecule has 0 spiro atoms. The van der Waals surface area contributed by atoms with Crippen molar-refractivity contribution in [1.82, 2.24) is 14.8 Å². The van der Waals surface area contributed by atoms with Crippen molar-refractivity contribution in [2.24, 2.45) is 0 Å². The van der Waals surface area contributed by atoms with Crippen LogP contribution in [0.3, 0.4) is 0 Å². The molecule has 0 saturated carbocycles. The average molecular weight is 589 g/mol. The fraction of sp³-hybridized carbons (Fsp3) is 0.259. The lowest BCUT2D eigenvalue weighted by atomic mass is 10.0. The maximum Gasteiger partial charge on any atom is 0.341 e. The number of rotatable bonds is 10. The lowest BCUT2D eigenvalue weighted by molar-refractivity contribution is -0.113. The van der Waals surface area contributed by atoms with E-state index in [2.05, 4.69) is 15.5 Å². The van der Waals surface area contributed by atoms with Gasteiger partial charge in [0, 0.05) is 17.0 Å². The van der Waals surface area contributed by atoms with Gasteiger partial charge in [-0.25, -0.2) is 9.18 Å². The summed E-state index contributed by atoms with van der Waals surface area (Å²) in [5.41, 5.74) is 1.93. The van der Waals surface area contributed by atoms with Crippen LogP contribution in [-0.4, -0.2) is 39.5 Å². The van der Waals surface area contributed by atoms with Crippen LogP contribution in [0.1, 0.15) is 41.0 Å². The number of nitrogens with one attached hydrogen (secondary N) is 1. The van der Waals surface area contributed by atoms with Gasteiger partial charge < -0.3 is 19.4 Å². The highest BCUT2D eigenvalue weighted by atomic mass is 35.5. The van der Waals surface area contributed by atoms with E-state index in [-0.39, 0.29) is 16.7 Å². The molecule has 8 nitrogen and oxygen atoms in total. The van der Waals surface area contributed by atoms with Gasteiger partial charge in [-0.3, -0.25) is 4.79 Å². The smallest absolute Gasteiger partial charge is 0.341 e. The Labute approximate surface area is 238 Å². The van der Waals surface area contributed by atoms with Gasteiger partial charge in [0.25, 0.3) is 0 Å². The summed E-state index contributed by atoms with van der Waals surface area (Å²) in [6.07, 6.45) is -0.531. The number of halogens is 2. The average Bonchev–Trinajstić information content (AvgIpc) is 3.49. The number of benzene rings is 2. The van der Waals surface area contributed by atoms with E-state index >= 15 is 0 Å². The van der Waals surface area contributed by atoms with Crippen molar-refractivity contribution in [3.8, 4) is 16.9 Å². The number of amides is 1. The van der Waals surface area contributed by atoms with Gasteiger partial charge in [0.05, 0.1) is 17.9 Å². The highest BCUT2D eigenvalue weighted by Crippen LogP contribution is 2.40. The van der Waals surface area contributed by atoms with Crippen molar-refractivity contribution < 1.29 is 23.5 Å². The monoisotopic (exact) mass is 588 g/mol. The van der Waals surface area contributed by atoms with E-state index in [1.807, 2.05) is 48.7 Å². The summed E-state index contributed by atoms with van der Waals surface area (Å²) in [5, 5.41) is 12.5. The number of aromatic nitrogens is 3. The SMILES string of the molecule is CCn1c(SCC(=O)Nc2sc(C)c(-c3ccccc3)c2C(=O)OC)nnc1C(C)Oc1ccc(F)cc1Cl. The number of aryl methyl sites for hydroxylation is 1. The van der Waals surface area contributed by atoms with E-state index in [9.17, 15) is 14.0 Å². The van der Waals surface area contributed by atoms with E-state index in [1.54, 1.807) is 6.92 Å². The van der Waals surface area contributed by atoms with Gasteiger partial charge in [-0.05, 0) is 44.5 Å². The van der Waals surface area contributed by atoms with Gasteiger partial charge in [-0.15, -0.1) is 21.5 Å². The summed E-state index contributed by atoms with van der Waals surface area (Å²) in [5.74, 6) is -0.383. The molecule has 0 aliphatic heterocycles. The van der Waals surface area contributed by atoms with Crippen LogP contribution in [0, 0.1) is 12.7 Å². The van der Waals surface area contributed by atoms with Gasteiger partial charge >= 0.3 is 5.97 Å². The summed E-state index contributed by atoms with van der Waals surface area (Å²) in [4.78, 5) is 26.5. The molecule has 1 unspecified atom stereocenters. The Balaban J connectivity index is 1.48. The van der Waals surface area contributed by atoms with Crippen molar-refractivity contribution >= 4 is 51.6 Å². The Kier molecular flexibility index (Phi) is 9.26. The summed E-state index contributed by atoms with van der Waals surface area (Å²) < 4.78 is 26.1. The topological polar surface area (TPSA) is 95.3 Å². The minimum absolute atomic E-state index is 0.0371. The normalized spacial score (nSPS) is 11.7. The van der Waals surface area contributed by atoms with E-state index in [0.29, 0.717) is 33.8 Å². The molecule has 39 heavy (non-hydrogen) atoms. The van der Waals surface area contributed by atoms with Crippen LogP contribution < -0.4 is 10.1 Å². The zero-order chi connectivity index (χ0) is 28.1. The predicted molar refractivity (Wildman–Crippen MR) is 151 cm³/mol. The quantitative estimate of drug-likeness (QED) is 0.161. The summed E-state index contributed by atoms with van der Waals surface area (Å²) in [6.45, 7) is 6.15. The Bertz CT molecular complexity index is 1490. The molecule has 204 valence electrons. The van der Waals surface area contributed by atoms with Crippen LogP contribution in [0.25, 0.3) is 11.1 Å². The minimum atomic E-state index is -0.531. The molecule has 0 bridgehead atoms. The summed E-state index contributed by atoms with van der Waals surface area (Å²) in [6, 6.07) is 13.4. The molecule has 0 radical (unpaired) electrons. The van der Waals surface area contributed by atoms with Crippen LogP contribution in [0.2, 0.25) is 5.02 Å².